The molecule has 0 unspecified atom stereocenters. The molecule has 1 aliphatic carbocycles. The first-order valence-electron chi connectivity index (χ1n) is 5.38. The molecule has 0 spiro atoms. The van der Waals surface area contributed by atoms with E-state index >= 15 is 0 Å². The first-order chi connectivity index (χ1) is 6.04. The second kappa shape index (κ2) is 4.43. The van der Waals surface area contributed by atoms with E-state index in [1.807, 2.05) is 0 Å². The van der Waals surface area contributed by atoms with Crippen molar-refractivity contribution in [1.29, 1.82) is 0 Å². The van der Waals surface area contributed by atoms with Gasteiger partial charge in [0.2, 0.25) is 0 Å². The van der Waals surface area contributed by atoms with E-state index in [1.54, 1.807) is 0 Å². The molecular formula is C11H23NO. The summed E-state index contributed by atoms with van der Waals surface area (Å²) in [6, 6.07) is 0.559. The highest BCUT2D eigenvalue weighted by atomic mass is 16.3. The lowest BCUT2D eigenvalue weighted by atomic mass is 9.71. The van der Waals surface area contributed by atoms with Crippen LogP contribution >= 0.6 is 0 Å². The van der Waals surface area contributed by atoms with Crippen molar-refractivity contribution in [1.82, 2.24) is 5.32 Å². The number of aliphatic hydroxyl groups excluding tert-OH is 1. The highest BCUT2D eigenvalue weighted by Crippen LogP contribution is 2.37. The zero-order valence-electron chi connectivity index (χ0n) is 9.14. The van der Waals surface area contributed by atoms with E-state index in [-0.39, 0.29) is 6.73 Å². The molecule has 0 aromatic carbocycles. The molecular weight excluding hydrogens is 162 g/mol. The third-order valence-electron chi connectivity index (χ3n) is 3.33. The summed E-state index contributed by atoms with van der Waals surface area (Å²) in [5.74, 6) is 0.865. The van der Waals surface area contributed by atoms with E-state index in [0.29, 0.717) is 11.5 Å². The second-order valence-corrected chi connectivity index (χ2v) is 5.28. The minimum absolute atomic E-state index is 0.130. The van der Waals surface area contributed by atoms with Gasteiger partial charge in [-0.1, -0.05) is 20.8 Å². The zero-order chi connectivity index (χ0) is 9.90. The smallest absolute Gasteiger partial charge is 0.0933 e. The molecule has 0 radical (unpaired) electrons. The van der Waals surface area contributed by atoms with E-state index < -0.39 is 0 Å². The van der Waals surface area contributed by atoms with E-state index in [1.165, 1.54) is 25.7 Å². The van der Waals surface area contributed by atoms with Gasteiger partial charge >= 0.3 is 0 Å². The van der Waals surface area contributed by atoms with Crippen LogP contribution in [0.25, 0.3) is 0 Å². The van der Waals surface area contributed by atoms with Crippen molar-refractivity contribution in [3.8, 4) is 0 Å². The summed E-state index contributed by atoms with van der Waals surface area (Å²) >= 11 is 0. The van der Waals surface area contributed by atoms with Gasteiger partial charge in [-0.05, 0) is 37.0 Å². The lowest BCUT2D eigenvalue weighted by Crippen LogP contribution is -2.36. The van der Waals surface area contributed by atoms with E-state index in [4.69, 9.17) is 5.11 Å². The summed E-state index contributed by atoms with van der Waals surface area (Å²) in [4.78, 5) is 0. The van der Waals surface area contributed by atoms with Crippen molar-refractivity contribution in [2.45, 2.75) is 52.5 Å². The molecule has 0 heterocycles. The zero-order valence-corrected chi connectivity index (χ0v) is 9.14. The Kier molecular flexibility index (Phi) is 3.74. The van der Waals surface area contributed by atoms with Crippen LogP contribution in [0.2, 0.25) is 0 Å². The largest absolute Gasteiger partial charge is 0.381 e. The minimum atomic E-state index is 0.130. The Morgan fingerprint density at radius 1 is 1.15 bits per heavy atom. The second-order valence-electron chi connectivity index (χ2n) is 5.28. The Bertz CT molecular complexity index is 143. The predicted octanol–water partition coefficient (Wildman–Crippen LogP) is 2.13. The maximum atomic E-state index is 8.73. The summed E-state index contributed by atoms with van der Waals surface area (Å²) in [6.07, 6.45) is 5.06. The van der Waals surface area contributed by atoms with Crippen LogP contribution in [-0.2, 0) is 0 Å². The summed E-state index contributed by atoms with van der Waals surface area (Å²) < 4.78 is 0. The summed E-state index contributed by atoms with van der Waals surface area (Å²) in [5, 5.41) is 11.8. The number of hydrogen-bond donors (Lipinski definition) is 2. The summed E-state index contributed by atoms with van der Waals surface area (Å²) in [6.45, 7) is 7.12. The minimum Gasteiger partial charge on any atom is -0.381 e. The highest BCUT2D eigenvalue weighted by Gasteiger charge is 2.29. The van der Waals surface area contributed by atoms with Gasteiger partial charge in [-0.2, -0.15) is 0 Å². The Balaban J connectivity index is 2.30. The fraction of sp³-hybridized carbons (Fsp3) is 1.00. The fourth-order valence-corrected chi connectivity index (χ4v) is 2.29. The third kappa shape index (κ3) is 3.28. The van der Waals surface area contributed by atoms with E-state index in [0.717, 1.165) is 5.92 Å². The fourth-order valence-electron chi connectivity index (χ4n) is 2.29. The first kappa shape index (κ1) is 11.0. The van der Waals surface area contributed by atoms with Gasteiger partial charge in [0.25, 0.3) is 0 Å². The van der Waals surface area contributed by atoms with Crippen molar-refractivity contribution >= 4 is 0 Å². The molecule has 13 heavy (non-hydrogen) atoms. The van der Waals surface area contributed by atoms with Crippen LogP contribution in [-0.4, -0.2) is 17.9 Å². The van der Waals surface area contributed by atoms with Crippen molar-refractivity contribution in [3.05, 3.63) is 0 Å². The molecule has 0 atom stereocenters. The molecule has 1 saturated carbocycles. The number of hydrogen-bond acceptors (Lipinski definition) is 2. The molecule has 0 bridgehead atoms. The Hall–Kier alpha value is -0.0800. The lowest BCUT2D eigenvalue weighted by molar-refractivity contribution is 0.144. The van der Waals surface area contributed by atoms with Gasteiger partial charge in [0.1, 0.15) is 0 Å². The molecule has 0 amide bonds. The number of rotatable bonds is 2. The SMILES string of the molecule is CC(C)(C)C1CCC(NCO)CC1. The Morgan fingerprint density at radius 3 is 2.08 bits per heavy atom. The molecule has 1 aliphatic rings. The average molecular weight is 185 g/mol. The van der Waals surface area contributed by atoms with Crippen LogP contribution in [0.15, 0.2) is 0 Å². The maximum Gasteiger partial charge on any atom is 0.0933 e. The summed E-state index contributed by atoms with van der Waals surface area (Å²) in [7, 11) is 0. The van der Waals surface area contributed by atoms with Crippen LogP contribution in [0.5, 0.6) is 0 Å². The van der Waals surface area contributed by atoms with Gasteiger partial charge in [-0.3, -0.25) is 5.32 Å². The molecule has 1 rings (SSSR count). The van der Waals surface area contributed by atoms with Gasteiger partial charge in [-0.15, -0.1) is 0 Å². The molecule has 78 valence electrons. The Labute approximate surface area is 81.7 Å². The van der Waals surface area contributed by atoms with Gasteiger partial charge in [0, 0.05) is 6.04 Å². The van der Waals surface area contributed by atoms with Gasteiger partial charge < -0.3 is 5.11 Å². The van der Waals surface area contributed by atoms with E-state index in [9.17, 15) is 0 Å². The van der Waals surface area contributed by atoms with Crippen LogP contribution in [0.1, 0.15) is 46.5 Å². The topological polar surface area (TPSA) is 32.3 Å². The molecule has 2 heteroatoms. The van der Waals surface area contributed by atoms with Crippen LogP contribution in [0, 0.1) is 11.3 Å². The molecule has 0 aliphatic heterocycles. The summed E-state index contributed by atoms with van der Waals surface area (Å²) in [5.41, 5.74) is 0.462. The van der Waals surface area contributed by atoms with Gasteiger partial charge in [0.15, 0.2) is 0 Å². The van der Waals surface area contributed by atoms with Crippen molar-refractivity contribution in [3.63, 3.8) is 0 Å². The van der Waals surface area contributed by atoms with Crippen molar-refractivity contribution < 1.29 is 5.11 Å². The van der Waals surface area contributed by atoms with Crippen LogP contribution < -0.4 is 5.32 Å². The Morgan fingerprint density at radius 2 is 1.69 bits per heavy atom. The van der Waals surface area contributed by atoms with Gasteiger partial charge in [0.05, 0.1) is 6.73 Å². The van der Waals surface area contributed by atoms with Crippen molar-refractivity contribution in [2.75, 3.05) is 6.73 Å². The van der Waals surface area contributed by atoms with Crippen LogP contribution in [0.4, 0.5) is 0 Å². The molecule has 2 N–H and O–H groups in total. The third-order valence-corrected chi connectivity index (χ3v) is 3.33. The van der Waals surface area contributed by atoms with Gasteiger partial charge in [-0.25, -0.2) is 0 Å². The van der Waals surface area contributed by atoms with Crippen molar-refractivity contribution in [2.24, 2.45) is 11.3 Å². The molecule has 0 aromatic heterocycles. The molecule has 0 saturated heterocycles. The quantitative estimate of drug-likeness (QED) is 0.646. The molecule has 2 nitrogen and oxygen atoms in total. The van der Waals surface area contributed by atoms with E-state index in [2.05, 4.69) is 26.1 Å². The monoisotopic (exact) mass is 185 g/mol. The highest BCUT2D eigenvalue weighted by molar-refractivity contribution is 4.82. The molecule has 0 aromatic rings. The first-order valence-corrected chi connectivity index (χ1v) is 5.38. The number of aliphatic hydroxyl groups is 1. The predicted molar refractivity (Wildman–Crippen MR) is 55.4 cm³/mol. The normalized spacial score (nSPS) is 30.5. The maximum absolute atomic E-state index is 8.73. The standard InChI is InChI=1S/C11H23NO/c1-11(2,3)9-4-6-10(7-5-9)12-8-13/h9-10,12-13H,4-8H2,1-3H3. The average Bonchev–Trinajstić information content (AvgIpc) is 2.04. The number of nitrogens with one attached hydrogen (secondary N) is 1. The lowest BCUT2D eigenvalue weighted by Gasteiger charge is -2.37. The molecule has 1 fully saturated rings. The van der Waals surface area contributed by atoms with Crippen LogP contribution in [0.3, 0.4) is 0 Å².